The minimum atomic E-state index is -1.54. The van der Waals surface area contributed by atoms with Crippen LogP contribution in [0.2, 0.25) is 0 Å². The van der Waals surface area contributed by atoms with Crippen molar-refractivity contribution in [3.8, 4) is 0 Å². The van der Waals surface area contributed by atoms with Crippen LogP contribution in [0, 0.1) is 0 Å². The molecular formula is C16H23N5O6. The molecule has 2 aromatic heterocycles. The van der Waals surface area contributed by atoms with Gasteiger partial charge < -0.3 is 35.3 Å². The molecule has 148 valence electrons. The van der Waals surface area contributed by atoms with Crippen LogP contribution in [0.15, 0.2) is 24.8 Å². The monoisotopic (exact) mass is 381 g/mol. The molecule has 11 heteroatoms. The van der Waals surface area contributed by atoms with Crippen LogP contribution in [0.3, 0.4) is 0 Å². The number of aromatic nitrogens is 4. The fourth-order valence-corrected chi connectivity index (χ4v) is 2.68. The maximum atomic E-state index is 10.1. The second-order valence-electron chi connectivity index (χ2n) is 6.40. The lowest BCUT2D eigenvalue weighted by Gasteiger charge is -2.39. The molecule has 2 aromatic rings. The third-order valence-electron chi connectivity index (χ3n) is 4.21. The molecule has 3 rings (SSSR count). The molecule has 1 saturated heterocycles. The minimum absolute atomic E-state index is 0.319. The molecule has 0 radical (unpaired) electrons. The summed E-state index contributed by atoms with van der Waals surface area (Å²) in [4.78, 5) is 18.0. The number of imidazole rings is 1. The third kappa shape index (κ3) is 4.01. The molecule has 0 amide bonds. The van der Waals surface area contributed by atoms with E-state index in [-0.39, 0.29) is 0 Å². The van der Waals surface area contributed by atoms with E-state index in [4.69, 9.17) is 9.57 Å². The van der Waals surface area contributed by atoms with Gasteiger partial charge >= 0.3 is 0 Å². The first kappa shape index (κ1) is 19.5. The number of nitrogens with one attached hydrogen (secondary N) is 1. The van der Waals surface area contributed by atoms with Gasteiger partial charge in [-0.2, -0.15) is 0 Å². The van der Waals surface area contributed by atoms with Crippen LogP contribution < -0.4 is 10.2 Å². The summed E-state index contributed by atoms with van der Waals surface area (Å²) >= 11 is 0. The molecule has 0 aliphatic carbocycles. The van der Waals surface area contributed by atoms with Crippen LogP contribution in [0.25, 0.3) is 11.2 Å². The summed E-state index contributed by atoms with van der Waals surface area (Å²) in [6.07, 6.45) is -3.51. The maximum Gasteiger partial charge on any atom is 0.254 e. The standard InChI is InChI=1S/C16H23N5O6/c1-8(2)3-4-17-14-10-15(19-6-18-14)21(7-20-10)27-16-13(25)12(24)11(23)9(5-22)26-16/h6-7,9,11-13,16,22-25H,1,3-5H2,2H3,(H,17,18,19)/t9-,11-,12+,13-,16?/m1/s1. The van der Waals surface area contributed by atoms with Crippen molar-refractivity contribution >= 4 is 17.0 Å². The van der Waals surface area contributed by atoms with E-state index >= 15 is 0 Å². The maximum absolute atomic E-state index is 10.1. The summed E-state index contributed by atoms with van der Waals surface area (Å²) < 4.78 is 6.50. The van der Waals surface area contributed by atoms with E-state index in [0.29, 0.717) is 23.5 Å². The van der Waals surface area contributed by atoms with Gasteiger partial charge in [-0.1, -0.05) is 5.57 Å². The van der Waals surface area contributed by atoms with Gasteiger partial charge in [-0.3, -0.25) is 0 Å². The Morgan fingerprint density at radius 1 is 1.26 bits per heavy atom. The number of hydrogen-bond acceptors (Lipinski definition) is 10. The molecule has 3 heterocycles. The number of nitrogens with zero attached hydrogens (tertiary/aromatic N) is 4. The minimum Gasteiger partial charge on any atom is -0.394 e. The van der Waals surface area contributed by atoms with Gasteiger partial charge in [0.25, 0.3) is 6.29 Å². The molecular weight excluding hydrogens is 358 g/mol. The number of ether oxygens (including phenoxy) is 1. The number of fused-ring (bicyclic) bond motifs is 1. The lowest BCUT2D eigenvalue weighted by Crippen LogP contribution is -2.61. The van der Waals surface area contributed by atoms with Crippen molar-refractivity contribution in [2.45, 2.75) is 44.1 Å². The SMILES string of the molecule is C=C(C)CCNc1ncnc2c1ncn2OC1O[C@H](CO)[C@@H](O)[C@H](O)[C@H]1O. The fourth-order valence-electron chi connectivity index (χ4n) is 2.68. The highest BCUT2D eigenvalue weighted by Crippen LogP contribution is 2.22. The first-order chi connectivity index (χ1) is 12.9. The highest BCUT2D eigenvalue weighted by atomic mass is 16.8. The Morgan fingerprint density at radius 3 is 2.74 bits per heavy atom. The van der Waals surface area contributed by atoms with Gasteiger partial charge in [0.15, 0.2) is 11.3 Å². The van der Waals surface area contributed by atoms with Crippen molar-refractivity contribution in [1.82, 2.24) is 19.7 Å². The average Bonchev–Trinajstić information content (AvgIpc) is 3.05. The van der Waals surface area contributed by atoms with Gasteiger partial charge in [0, 0.05) is 6.54 Å². The largest absolute Gasteiger partial charge is 0.394 e. The zero-order valence-electron chi connectivity index (χ0n) is 14.8. The summed E-state index contributed by atoms with van der Waals surface area (Å²) in [5.41, 5.74) is 1.80. The lowest BCUT2D eigenvalue weighted by atomic mass is 9.99. The van der Waals surface area contributed by atoms with Gasteiger partial charge in [0.05, 0.1) is 6.61 Å². The first-order valence-corrected chi connectivity index (χ1v) is 8.46. The van der Waals surface area contributed by atoms with Crippen molar-refractivity contribution in [3.63, 3.8) is 0 Å². The smallest absolute Gasteiger partial charge is 0.254 e. The van der Waals surface area contributed by atoms with Crippen molar-refractivity contribution < 1.29 is 30.0 Å². The molecule has 27 heavy (non-hydrogen) atoms. The molecule has 5 atom stereocenters. The number of rotatable bonds is 7. The summed E-state index contributed by atoms with van der Waals surface area (Å²) in [7, 11) is 0. The Bertz CT molecular complexity index is 797. The van der Waals surface area contributed by atoms with E-state index in [1.54, 1.807) is 0 Å². The molecule has 1 aliphatic heterocycles. The van der Waals surface area contributed by atoms with Crippen molar-refractivity contribution in [2.24, 2.45) is 0 Å². The van der Waals surface area contributed by atoms with Crippen molar-refractivity contribution in [1.29, 1.82) is 0 Å². The molecule has 5 N–H and O–H groups in total. The Labute approximate surface area is 154 Å². The highest BCUT2D eigenvalue weighted by Gasteiger charge is 2.45. The average molecular weight is 381 g/mol. The summed E-state index contributed by atoms with van der Waals surface area (Å²) in [5, 5.41) is 42.2. The molecule has 0 bridgehead atoms. The Kier molecular flexibility index (Phi) is 5.87. The molecule has 0 aromatic carbocycles. The molecule has 1 fully saturated rings. The Morgan fingerprint density at radius 2 is 2.04 bits per heavy atom. The highest BCUT2D eigenvalue weighted by molar-refractivity contribution is 5.82. The topological polar surface area (TPSA) is 155 Å². The van der Waals surface area contributed by atoms with Crippen LogP contribution in [0.4, 0.5) is 5.82 Å². The summed E-state index contributed by atoms with van der Waals surface area (Å²) in [5.74, 6) is 0.511. The van der Waals surface area contributed by atoms with Gasteiger partial charge in [-0.25, -0.2) is 15.0 Å². The Balaban J connectivity index is 1.78. The van der Waals surface area contributed by atoms with E-state index in [0.717, 1.165) is 12.0 Å². The fraction of sp³-hybridized carbons (Fsp3) is 0.562. The van der Waals surface area contributed by atoms with Crippen LogP contribution in [0.1, 0.15) is 13.3 Å². The summed E-state index contributed by atoms with van der Waals surface area (Å²) in [6.45, 7) is 5.85. The first-order valence-electron chi connectivity index (χ1n) is 8.46. The summed E-state index contributed by atoms with van der Waals surface area (Å²) in [6, 6.07) is 0. The predicted octanol–water partition coefficient (Wildman–Crippen LogP) is -1.57. The predicted molar refractivity (Wildman–Crippen MR) is 93.6 cm³/mol. The van der Waals surface area contributed by atoms with E-state index in [1.165, 1.54) is 17.4 Å². The van der Waals surface area contributed by atoms with E-state index < -0.39 is 37.3 Å². The quantitative estimate of drug-likeness (QED) is 0.355. The van der Waals surface area contributed by atoms with Gasteiger partial charge in [-0.05, 0) is 13.3 Å². The second kappa shape index (κ2) is 8.15. The van der Waals surface area contributed by atoms with E-state index in [9.17, 15) is 20.4 Å². The van der Waals surface area contributed by atoms with Crippen LogP contribution in [-0.2, 0) is 4.74 Å². The zero-order chi connectivity index (χ0) is 19.6. The molecule has 1 aliphatic rings. The van der Waals surface area contributed by atoms with Crippen molar-refractivity contribution in [3.05, 3.63) is 24.8 Å². The van der Waals surface area contributed by atoms with Crippen LogP contribution in [0.5, 0.6) is 0 Å². The Hall–Kier alpha value is -2.31. The van der Waals surface area contributed by atoms with Crippen molar-refractivity contribution in [2.75, 3.05) is 18.5 Å². The number of hydrogen-bond donors (Lipinski definition) is 5. The van der Waals surface area contributed by atoms with E-state index in [2.05, 4.69) is 26.8 Å². The normalized spacial score (nSPS) is 28.3. The lowest BCUT2D eigenvalue weighted by molar-refractivity contribution is -0.299. The third-order valence-corrected chi connectivity index (χ3v) is 4.21. The number of aliphatic hydroxyl groups excluding tert-OH is 4. The number of aliphatic hydroxyl groups is 4. The van der Waals surface area contributed by atoms with E-state index in [1.807, 2.05) is 6.92 Å². The zero-order valence-corrected chi connectivity index (χ0v) is 14.8. The molecule has 1 unspecified atom stereocenters. The van der Waals surface area contributed by atoms with Gasteiger partial charge in [0.1, 0.15) is 37.1 Å². The van der Waals surface area contributed by atoms with Gasteiger partial charge in [-0.15, -0.1) is 11.3 Å². The van der Waals surface area contributed by atoms with Crippen LogP contribution in [-0.4, -0.2) is 84.0 Å². The van der Waals surface area contributed by atoms with Crippen LogP contribution >= 0.6 is 0 Å². The number of anilines is 1. The van der Waals surface area contributed by atoms with Gasteiger partial charge in [0.2, 0.25) is 5.65 Å². The second-order valence-corrected chi connectivity index (χ2v) is 6.40. The molecule has 0 spiro atoms. The molecule has 11 nitrogen and oxygen atoms in total. The molecule has 0 saturated carbocycles.